The van der Waals surface area contributed by atoms with Crippen LogP contribution in [0.5, 0.6) is 5.75 Å². The maximum Gasteiger partial charge on any atom is 0.387 e. The summed E-state index contributed by atoms with van der Waals surface area (Å²) >= 11 is 11.4. The second-order valence-corrected chi connectivity index (χ2v) is 3.61. The summed E-state index contributed by atoms with van der Waals surface area (Å²) in [5, 5.41) is 8.18. The minimum absolute atomic E-state index is 0.0808. The summed E-state index contributed by atoms with van der Waals surface area (Å²) in [5.74, 6) is -1.57. The molecule has 7 heteroatoms. The van der Waals surface area contributed by atoms with Gasteiger partial charge in [0.05, 0.1) is 10.0 Å². The molecule has 1 rings (SSSR count). The molecule has 0 atom stereocenters. The number of carboxylic acid groups (broad SMARTS) is 1. The summed E-state index contributed by atoms with van der Waals surface area (Å²) < 4.78 is 28.3. The van der Waals surface area contributed by atoms with E-state index >= 15 is 0 Å². The molecule has 1 N–H and O–H groups in total. The summed E-state index contributed by atoms with van der Waals surface area (Å²) in [6, 6.07) is 2.68. The largest absolute Gasteiger partial charge is 0.478 e. The highest BCUT2D eigenvalue weighted by atomic mass is 35.5. The van der Waals surface area contributed by atoms with E-state index in [1.807, 2.05) is 0 Å². The van der Waals surface area contributed by atoms with Crippen LogP contribution >= 0.6 is 23.2 Å². The van der Waals surface area contributed by atoms with Gasteiger partial charge in [-0.3, -0.25) is 0 Å². The topological polar surface area (TPSA) is 46.5 Å². The average molecular weight is 283 g/mol. The van der Waals surface area contributed by atoms with Crippen LogP contribution in [-0.4, -0.2) is 17.7 Å². The maximum atomic E-state index is 12.1. The van der Waals surface area contributed by atoms with E-state index in [0.717, 1.165) is 12.2 Å². The molecule has 0 bridgehead atoms. The summed E-state index contributed by atoms with van der Waals surface area (Å²) in [4.78, 5) is 10.3. The lowest BCUT2D eigenvalue weighted by Gasteiger charge is -2.10. The third-order valence-corrected chi connectivity index (χ3v) is 2.38. The fourth-order valence-electron chi connectivity index (χ4n) is 1.03. The zero-order valence-corrected chi connectivity index (χ0v) is 9.67. The Morgan fingerprint density at radius 3 is 2.59 bits per heavy atom. The molecule has 17 heavy (non-hydrogen) atoms. The van der Waals surface area contributed by atoms with Gasteiger partial charge in [-0.15, -0.1) is 0 Å². The number of carbonyl (C=O) groups is 1. The van der Waals surface area contributed by atoms with Gasteiger partial charge in [0.25, 0.3) is 0 Å². The number of halogens is 4. The number of aliphatic carboxylic acids is 1. The van der Waals surface area contributed by atoms with Crippen molar-refractivity contribution in [2.75, 3.05) is 0 Å². The van der Waals surface area contributed by atoms with Crippen LogP contribution in [0, 0.1) is 0 Å². The molecule has 0 radical (unpaired) electrons. The number of rotatable bonds is 4. The van der Waals surface area contributed by atoms with E-state index in [9.17, 15) is 13.6 Å². The molecule has 1 aromatic carbocycles. The quantitative estimate of drug-likeness (QED) is 0.857. The van der Waals surface area contributed by atoms with Crippen molar-refractivity contribution in [3.63, 3.8) is 0 Å². The first-order valence-electron chi connectivity index (χ1n) is 4.25. The Morgan fingerprint density at radius 2 is 2.06 bits per heavy atom. The highest BCUT2D eigenvalue weighted by molar-refractivity contribution is 6.38. The van der Waals surface area contributed by atoms with E-state index in [1.165, 1.54) is 12.1 Å². The second kappa shape index (κ2) is 5.84. The van der Waals surface area contributed by atoms with Gasteiger partial charge < -0.3 is 9.84 Å². The number of hydrogen-bond acceptors (Lipinski definition) is 2. The number of carboxylic acids is 1. The van der Waals surface area contributed by atoms with Crippen molar-refractivity contribution >= 4 is 35.2 Å². The van der Waals surface area contributed by atoms with Crippen molar-refractivity contribution in [3.05, 3.63) is 33.8 Å². The third-order valence-electron chi connectivity index (χ3n) is 1.69. The molecule has 0 aliphatic carbocycles. The summed E-state index contributed by atoms with van der Waals surface area (Å²) in [6.45, 7) is -3.07. The van der Waals surface area contributed by atoms with Crippen LogP contribution in [0.1, 0.15) is 5.56 Å². The normalized spacial score (nSPS) is 11.1. The van der Waals surface area contributed by atoms with Gasteiger partial charge >= 0.3 is 12.6 Å². The Balaban J connectivity index is 3.14. The van der Waals surface area contributed by atoms with Gasteiger partial charge in [0.1, 0.15) is 0 Å². The number of alkyl halides is 2. The van der Waals surface area contributed by atoms with Gasteiger partial charge in [-0.2, -0.15) is 8.78 Å². The SMILES string of the molecule is O=C(O)C=Cc1ccc(Cl)c(OC(F)F)c1Cl. The van der Waals surface area contributed by atoms with Gasteiger partial charge in [-0.1, -0.05) is 29.3 Å². The van der Waals surface area contributed by atoms with Gasteiger partial charge in [-0.05, 0) is 17.7 Å². The van der Waals surface area contributed by atoms with E-state index in [1.54, 1.807) is 0 Å². The standard InChI is InChI=1S/C10H6Cl2F2O3/c11-6-3-1-5(2-4-7(15)16)8(12)9(6)17-10(13)14/h1-4,10H,(H,15,16). The fourth-order valence-corrected chi connectivity index (χ4v) is 1.56. The van der Waals surface area contributed by atoms with E-state index in [4.69, 9.17) is 28.3 Å². The molecule has 0 fully saturated rings. The lowest BCUT2D eigenvalue weighted by Crippen LogP contribution is -2.03. The van der Waals surface area contributed by atoms with E-state index < -0.39 is 12.6 Å². The Morgan fingerprint density at radius 1 is 1.41 bits per heavy atom. The van der Waals surface area contributed by atoms with Gasteiger partial charge in [0.15, 0.2) is 5.75 Å². The Bertz CT molecular complexity index is 461. The van der Waals surface area contributed by atoms with Crippen molar-refractivity contribution in [1.82, 2.24) is 0 Å². The molecule has 0 unspecified atom stereocenters. The van der Waals surface area contributed by atoms with Crippen LogP contribution in [0.2, 0.25) is 10.0 Å². The van der Waals surface area contributed by atoms with Crippen LogP contribution in [0.25, 0.3) is 6.08 Å². The molecule has 92 valence electrons. The first-order valence-corrected chi connectivity index (χ1v) is 5.01. The van der Waals surface area contributed by atoms with Gasteiger partial charge in [-0.25, -0.2) is 4.79 Å². The molecule has 0 aliphatic rings. The summed E-state index contributed by atoms with van der Waals surface area (Å²) in [7, 11) is 0. The smallest absolute Gasteiger partial charge is 0.387 e. The Hall–Kier alpha value is -1.33. The predicted molar refractivity (Wildman–Crippen MR) is 59.8 cm³/mol. The highest BCUT2D eigenvalue weighted by Gasteiger charge is 2.15. The van der Waals surface area contributed by atoms with Gasteiger partial charge in [0, 0.05) is 6.08 Å². The van der Waals surface area contributed by atoms with Crippen LogP contribution in [0.15, 0.2) is 18.2 Å². The zero-order chi connectivity index (χ0) is 13.0. The lowest BCUT2D eigenvalue weighted by molar-refractivity contribution is -0.131. The predicted octanol–water partition coefficient (Wildman–Crippen LogP) is 3.69. The van der Waals surface area contributed by atoms with Crippen molar-refractivity contribution in [1.29, 1.82) is 0 Å². The molecule has 1 aromatic rings. The van der Waals surface area contributed by atoms with Crippen molar-refractivity contribution < 1.29 is 23.4 Å². The molecule has 0 amide bonds. The maximum absolute atomic E-state index is 12.1. The number of ether oxygens (including phenoxy) is 1. The lowest BCUT2D eigenvalue weighted by atomic mass is 10.2. The highest BCUT2D eigenvalue weighted by Crippen LogP contribution is 2.37. The minimum Gasteiger partial charge on any atom is -0.478 e. The summed E-state index contributed by atoms with van der Waals surface area (Å²) in [6.07, 6.45) is 1.97. The van der Waals surface area contributed by atoms with Crippen LogP contribution < -0.4 is 4.74 Å². The molecular formula is C10H6Cl2F2O3. The molecule has 0 saturated heterocycles. The van der Waals surface area contributed by atoms with Crippen LogP contribution in [-0.2, 0) is 4.79 Å². The molecule has 0 spiro atoms. The first-order chi connectivity index (χ1) is 7.91. The monoisotopic (exact) mass is 282 g/mol. The Labute approximate surface area is 105 Å². The molecule has 0 heterocycles. The minimum atomic E-state index is -3.07. The van der Waals surface area contributed by atoms with E-state index in [2.05, 4.69) is 4.74 Å². The van der Waals surface area contributed by atoms with E-state index in [-0.39, 0.29) is 21.4 Å². The number of hydrogen-bond donors (Lipinski definition) is 1. The van der Waals surface area contributed by atoms with Crippen LogP contribution in [0.3, 0.4) is 0 Å². The zero-order valence-electron chi connectivity index (χ0n) is 8.16. The Kier molecular flexibility index (Phi) is 4.72. The van der Waals surface area contributed by atoms with Crippen molar-refractivity contribution in [3.8, 4) is 5.75 Å². The van der Waals surface area contributed by atoms with Gasteiger partial charge in [0.2, 0.25) is 0 Å². The summed E-state index contributed by atoms with van der Waals surface area (Å²) in [5.41, 5.74) is 0.217. The van der Waals surface area contributed by atoms with E-state index in [0.29, 0.717) is 0 Å². The average Bonchev–Trinajstić information content (AvgIpc) is 2.22. The molecule has 0 aromatic heterocycles. The number of benzene rings is 1. The van der Waals surface area contributed by atoms with Crippen LogP contribution in [0.4, 0.5) is 8.78 Å². The first kappa shape index (κ1) is 13.7. The fraction of sp³-hybridized carbons (Fsp3) is 0.100. The molecule has 3 nitrogen and oxygen atoms in total. The van der Waals surface area contributed by atoms with Crippen molar-refractivity contribution in [2.45, 2.75) is 6.61 Å². The van der Waals surface area contributed by atoms with Crippen molar-refractivity contribution in [2.24, 2.45) is 0 Å². The molecular weight excluding hydrogens is 277 g/mol. The second-order valence-electron chi connectivity index (χ2n) is 2.83. The molecule has 0 aliphatic heterocycles. The molecule has 0 saturated carbocycles. The third kappa shape index (κ3) is 3.87.